The molecular formula is C20H15N7O3. The molecule has 10 nitrogen and oxygen atoms in total. The molecule has 2 heterocycles. The molecule has 2 aromatic carbocycles. The maximum Gasteiger partial charge on any atom is 0.291 e. The van der Waals surface area contributed by atoms with Crippen LogP contribution in [0.25, 0.3) is 16.5 Å². The Morgan fingerprint density at radius 2 is 2.13 bits per heavy atom. The van der Waals surface area contributed by atoms with Gasteiger partial charge in [-0.3, -0.25) is 4.79 Å². The van der Waals surface area contributed by atoms with Crippen molar-refractivity contribution in [1.82, 2.24) is 20.6 Å². The second-order valence-electron chi connectivity index (χ2n) is 6.07. The van der Waals surface area contributed by atoms with Crippen molar-refractivity contribution in [3.8, 4) is 11.8 Å². The van der Waals surface area contributed by atoms with E-state index in [1.54, 1.807) is 30.3 Å². The standard InChI is InChI=1S/C20H15N7O3/c1-29-17-9-14(22-11-13(10-21)19-24-26-27-25-19)6-7-15(17)23-20(28)18-8-12-4-2-3-5-16(12)30-18/h2-9,11,22H,1H3,(H,23,28)(H,24,25,26,27). The van der Waals surface area contributed by atoms with E-state index in [9.17, 15) is 10.1 Å². The summed E-state index contributed by atoms with van der Waals surface area (Å²) in [5.41, 5.74) is 1.93. The predicted octanol–water partition coefficient (Wildman–Crippen LogP) is 3.18. The highest BCUT2D eigenvalue weighted by molar-refractivity contribution is 6.05. The van der Waals surface area contributed by atoms with E-state index >= 15 is 0 Å². The molecule has 0 aliphatic rings. The number of allylic oxidation sites excluding steroid dienone is 1. The molecule has 1 amide bonds. The molecule has 0 radical (unpaired) electrons. The van der Waals surface area contributed by atoms with Crippen molar-refractivity contribution in [3.05, 3.63) is 66.3 Å². The number of carbonyl (C=O) groups excluding carboxylic acids is 1. The summed E-state index contributed by atoms with van der Waals surface area (Å²) < 4.78 is 11.0. The Morgan fingerprint density at radius 3 is 2.87 bits per heavy atom. The van der Waals surface area contributed by atoms with Crippen LogP contribution in [-0.4, -0.2) is 33.6 Å². The lowest BCUT2D eigenvalue weighted by Crippen LogP contribution is -2.11. The van der Waals surface area contributed by atoms with Crippen LogP contribution in [0.5, 0.6) is 5.75 Å². The molecule has 4 aromatic rings. The van der Waals surface area contributed by atoms with Crippen LogP contribution in [0.2, 0.25) is 0 Å². The van der Waals surface area contributed by atoms with Crippen LogP contribution in [0.1, 0.15) is 16.4 Å². The van der Waals surface area contributed by atoms with Crippen molar-refractivity contribution < 1.29 is 13.9 Å². The molecule has 0 unspecified atom stereocenters. The van der Waals surface area contributed by atoms with Gasteiger partial charge >= 0.3 is 0 Å². The maximum absolute atomic E-state index is 12.6. The van der Waals surface area contributed by atoms with E-state index in [0.29, 0.717) is 22.7 Å². The lowest BCUT2D eigenvalue weighted by molar-refractivity contribution is 0.0998. The monoisotopic (exact) mass is 401 g/mol. The molecule has 30 heavy (non-hydrogen) atoms. The number of hydrogen-bond donors (Lipinski definition) is 3. The third-order valence-electron chi connectivity index (χ3n) is 4.19. The maximum atomic E-state index is 12.6. The van der Waals surface area contributed by atoms with Gasteiger partial charge in [-0.25, -0.2) is 0 Å². The van der Waals surface area contributed by atoms with Gasteiger partial charge in [0.2, 0.25) is 5.82 Å². The Labute approximate surface area is 170 Å². The number of anilines is 2. The smallest absolute Gasteiger partial charge is 0.291 e. The van der Waals surface area contributed by atoms with Gasteiger partial charge < -0.3 is 19.8 Å². The Hall–Kier alpha value is -4.65. The lowest BCUT2D eigenvalue weighted by atomic mass is 10.2. The number of benzene rings is 2. The molecule has 0 aliphatic heterocycles. The minimum Gasteiger partial charge on any atom is -0.494 e. The fraction of sp³-hybridized carbons (Fsp3) is 0.0500. The second kappa shape index (κ2) is 8.15. The summed E-state index contributed by atoms with van der Waals surface area (Å²) in [6.45, 7) is 0. The number of aromatic nitrogens is 4. The third kappa shape index (κ3) is 3.81. The van der Waals surface area contributed by atoms with Gasteiger partial charge in [-0.2, -0.15) is 10.5 Å². The van der Waals surface area contributed by atoms with Gasteiger partial charge in [0, 0.05) is 23.3 Å². The zero-order chi connectivity index (χ0) is 20.9. The van der Waals surface area contributed by atoms with Crippen molar-refractivity contribution in [2.45, 2.75) is 0 Å². The molecule has 3 N–H and O–H groups in total. The normalized spacial score (nSPS) is 11.1. The van der Waals surface area contributed by atoms with Crippen LogP contribution >= 0.6 is 0 Å². The minimum atomic E-state index is -0.394. The van der Waals surface area contributed by atoms with E-state index in [2.05, 4.69) is 31.3 Å². The van der Waals surface area contributed by atoms with Crippen molar-refractivity contribution in [2.24, 2.45) is 0 Å². The number of H-pyrrole nitrogens is 1. The summed E-state index contributed by atoms with van der Waals surface area (Å²) in [5.74, 6) is 0.402. The number of fused-ring (bicyclic) bond motifs is 1. The summed E-state index contributed by atoms with van der Waals surface area (Å²) in [6.07, 6.45) is 1.45. The Balaban J connectivity index is 1.52. The molecule has 0 aliphatic carbocycles. The van der Waals surface area contributed by atoms with E-state index < -0.39 is 5.91 Å². The first kappa shape index (κ1) is 18.7. The predicted molar refractivity (Wildman–Crippen MR) is 109 cm³/mol. The summed E-state index contributed by atoms with van der Waals surface area (Å²) in [7, 11) is 1.49. The number of nitrogens with one attached hydrogen (secondary N) is 3. The number of hydrogen-bond acceptors (Lipinski definition) is 8. The molecular weight excluding hydrogens is 386 g/mol. The number of carbonyl (C=O) groups is 1. The first-order valence-electron chi connectivity index (χ1n) is 8.76. The van der Waals surface area contributed by atoms with Crippen LogP contribution in [0.3, 0.4) is 0 Å². The number of aromatic amines is 1. The molecule has 0 fully saturated rings. The molecule has 2 aromatic heterocycles. The largest absolute Gasteiger partial charge is 0.494 e. The quantitative estimate of drug-likeness (QED) is 0.418. The topological polar surface area (TPSA) is 142 Å². The van der Waals surface area contributed by atoms with Crippen LogP contribution in [0, 0.1) is 11.3 Å². The number of ether oxygens (including phenoxy) is 1. The van der Waals surface area contributed by atoms with Gasteiger partial charge in [-0.05, 0) is 29.5 Å². The number of nitriles is 1. The van der Waals surface area contributed by atoms with Crippen molar-refractivity contribution >= 4 is 33.8 Å². The van der Waals surface area contributed by atoms with Crippen molar-refractivity contribution in [1.29, 1.82) is 5.26 Å². The molecule has 0 saturated heterocycles. The molecule has 0 spiro atoms. The van der Waals surface area contributed by atoms with Gasteiger partial charge in [0.05, 0.1) is 12.8 Å². The summed E-state index contributed by atoms with van der Waals surface area (Å²) in [6, 6.07) is 16.1. The molecule has 10 heteroatoms. The van der Waals surface area contributed by atoms with Crippen molar-refractivity contribution in [2.75, 3.05) is 17.7 Å². The Morgan fingerprint density at radius 1 is 1.27 bits per heavy atom. The molecule has 0 saturated carbocycles. The summed E-state index contributed by atoms with van der Waals surface area (Å²) >= 11 is 0. The SMILES string of the molecule is COc1cc(NC=C(C#N)c2nn[nH]n2)ccc1NC(=O)c1cc2ccccc2o1. The van der Waals surface area contributed by atoms with Crippen LogP contribution < -0.4 is 15.4 Å². The van der Waals surface area contributed by atoms with Crippen LogP contribution in [0.15, 0.2) is 59.1 Å². The van der Waals surface area contributed by atoms with Crippen LogP contribution in [-0.2, 0) is 0 Å². The number of amides is 1. The Kier molecular flexibility index (Phi) is 5.08. The third-order valence-corrected chi connectivity index (χ3v) is 4.19. The van der Waals surface area contributed by atoms with Crippen molar-refractivity contribution in [3.63, 3.8) is 0 Å². The Bertz CT molecular complexity index is 1240. The average molecular weight is 401 g/mol. The van der Waals surface area contributed by atoms with E-state index in [1.165, 1.54) is 13.3 Å². The second-order valence-corrected chi connectivity index (χ2v) is 6.07. The fourth-order valence-corrected chi connectivity index (χ4v) is 2.74. The van der Waals surface area contributed by atoms with E-state index in [-0.39, 0.29) is 17.2 Å². The molecule has 4 rings (SSSR count). The zero-order valence-electron chi connectivity index (χ0n) is 15.7. The number of furan rings is 1. The highest BCUT2D eigenvalue weighted by Crippen LogP contribution is 2.29. The van der Waals surface area contributed by atoms with Gasteiger partial charge in [0.1, 0.15) is 23.0 Å². The number of tetrazole rings is 1. The van der Waals surface area contributed by atoms with Gasteiger partial charge in [0.25, 0.3) is 5.91 Å². The number of para-hydroxylation sites is 1. The zero-order valence-corrected chi connectivity index (χ0v) is 15.7. The van der Waals surface area contributed by atoms with E-state index in [4.69, 9.17) is 9.15 Å². The van der Waals surface area contributed by atoms with Gasteiger partial charge in [0.15, 0.2) is 5.76 Å². The lowest BCUT2D eigenvalue weighted by Gasteiger charge is -2.11. The first-order chi connectivity index (χ1) is 14.7. The molecule has 0 bridgehead atoms. The number of methoxy groups -OCH3 is 1. The average Bonchev–Trinajstić information content (AvgIpc) is 3.45. The highest BCUT2D eigenvalue weighted by atomic mass is 16.5. The highest BCUT2D eigenvalue weighted by Gasteiger charge is 2.15. The van der Waals surface area contributed by atoms with Gasteiger partial charge in [-0.15, -0.1) is 10.2 Å². The molecule has 148 valence electrons. The van der Waals surface area contributed by atoms with E-state index in [1.807, 2.05) is 24.3 Å². The first-order valence-corrected chi connectivity index (χ1v) is 8.76. The molecule has 0 atom stereocenters. The van der Waals surface area contributed by atoms with E-state index in [0.717, 1.165) is 5.39 Å². The minimum absolute atomic E-state index is 0.173. The van der Waals surface area contributed by atoms with Gasteiger partial charge in [-0.1, -0.05) is 18.2 Å². The fourth-order valence-electron chi connectivity index (χ4n) is 2.74. The number of nitrogens with zero attached hydrogens (tertiary/aromatic N) is 4. The summed E-state index contributed by atoms with van der Waals surface area (Å²) in [4.78, 5) is 12.6. The van der Waals surface area contributed by atoms with Crippen LogP contribution in [0.4, 0.5) is 11.4 Å². The summed E-state index contributed by atoms with van der Waals surface area (Å²) in [5, 5.41) is 29.1. The number of rotatable bonds is 6.